The molecule has 2 amide bonds. The van der Waals surface area contributed by atoms with Crippen molar-refractivity contribution in [3.05, 3.63) is 88.9 Å². The molecule has 4 aromatic rings. The molecule has 0 atom stereocenters. The highest BCUT2D eigenvalue weighted by molar-refractivity contribution is 7.90. The first-order valence-electron chi connectivity index (χ1n) is 10.3. The number of rotatable bonds is 5. The van der Waals surface area contributed by atoms with Gasteiger partial charge in [-0.15, -0.1) is 0 Å². The molecule has 4 rings (SSSR count). The SMILES string of the molecule is CC(=O)NS(=O)(=O)c1ccc(NC(=O)c2c(C)c(-c3ccc(Cl)cc3)nc3ccccc23)cc1. The van der Waals surface area contributed by atoms with Gasteiger partial charge in [-0.05, 0) is 55.0 Å². The van der Waals surface area contributed by atoms with E-state index in [1.165, 1.54) is 24.3 Å². The van der Waals surface area contributed by atoms with Crippen LogP contribution in [0.3, 0.4) is 0 Å². The third-order valence-corrected chi connectivity index (χ3v) is 6.88. The molecule has 9 heteroatoms. The van der Waals surface area contributed by atoms with Gasteiger partial charge in [-0.1, -0.05) is 41.9 Å². The molecule has 0 saturated carbocycles. The molecule has 7 nitrogen and oxygen atoms in total. The van der Waals surface area contributed by atoms with Crippen molar-refractivity contribution in [3.8, 4) is 11.3 Å². The Morgan fingerprint density at radius 3 is 2.21 bits per heavy atom. The van der Waals surface area contributed by atoms with E-state index in [9.17, 15) is 18.0 Å². The molecule has 0 radical (unpaired) electrons. The van der Waals surface area contributed by atoms with Gasteiger partial charge < -0.3 is 5.32 Å². The summed E-state index contributed by atoms with van der Waals surface area (Å²) in [4.78, 5) is 29.2. The fourth-order valence-electron chi connectivity index (χ4n) is 3.65. The van der Waals surface area contributed by atoms with E-state index in [1.807, 2.05) is 48.0 Å². The highest BCUT2D eigenvalue weighted by atomic mass is 35.5. The molecule has 0 bridgehead atoms. The van der Waals surface area contributed by atoms with Crippen LogP contribution in [0.2, 0.25) is 5.02 Å². The molecule has 1 heterocycles. The topological polar surface area (TPSA) is 105 Å². The molecular weight excluding hydrogens is 474 g/mol. The predicted octanol–water partition coefficient (Wildman–Crippen LogP) is 4.94. The quantitative estimate of drug-likeness (QED) is 0.409. The molecule has 3 aromatic carbocycles. The van der Waals surface area contributed by atoms with Gasteiger partial charge in [-0.3, -0.25) is 9.59 Å². The molecule has 0 saturated heterocycles. The van der Waals surface area contributed by atoms with Gasteiger partial charge in [0, 0.05) is 28.6 Å². The van der Waals surface area contributed by atoms with Gasteiger partial charge in [-0.25, -0.2) is 18.1 Å². The van der Waals surface area contributed by atoms with Gasteiger partial charge in [0.2, 0.25) is 5.91 Å². The number of carbonyl (C=O) groups excluding carboxylic acids is 2. The summed E-state index contributed by atoms with van der Waals surface area (Å²) in [5.74, 6) is -1.04. The zero-order chi connectivity index (χ0) is 24.5. The lowest BCUT2D eigenvalue weighted by molar-refractivity contribution is -0.117. The van der Waals surface area contributed by atoms with Crippen molar-refractivity contribution >= 4 is 50.0 Å². The number of carbonyl (C=O) groups is 2. The van der Waals surface area contributed by atoms with Crippen LogP contribution in [-0.2, 0) is 14.8 Å². The fourth-order valence-corrected chi connectivity index (χ4v) is 4.76. The number of amides is 2. The number of para-hydroxylation sites is 1. The summed E-state index contributed by atoms with van der Waals surface area (Å²) >= 11 is 6.03. The Morgan fingerprint density at radius 2 is 1.56 bits per heavy atom. The lowest BCUT2D eigenvalue weighted by atomic mass is 9.97. The van der Waals surface area contributed by atoms with Crippen molar-refractivity contribution in [1.29, 1.82) is 0 Å². The van der Waals surface area contributed by atoms with Crippen molar-refractivity contribution in [2.45, 2.75) is 18.7 Å². The van der Waals surface area contributed by atoms with Crippen molar-refractivity contribution in [1.82, 2.24) is 9.71 Å². The molecule has 0 fully saturated rings. The Bertz CT molecular complexity index is 1520. The Balaban J connectivity index is 1.72. The minimum absolute atomic E-state index is 0.0868. The predicted molar refractivity (Wildman–Crippen MR) is 132 cm³/mol. The number of halogens is 1. The van der Waals surface area contributed by atoms with E-state index in [0.29, 0.717) is 38.4 Å². The lowest BCUT2D eigenvalue weighted by Crippen LogP contribution is -2.28. The van der Waals surface area contributed by atoms with Crippen molar-refractivity contribution in [2.75, 3.05) is 5.32 Å². The van der Waals surface area contributed by atoms with Crippen LogP contribution in [0.5, 0.6) is 0 Å². The Labute approximate surface area is 201 Å². The van der Waals surface area contributed by atoms with Gasteiger partial charge in [0.05, 0.1) is 21.7 Å². The highest BCUT2D eigenvalue weighted by Crippen LogP contribution is 2.31. The number of hydrogen-bond donors (Lipinski definition) is 2. The first-order valence-corrected chi connectivity index (χ1v) is 12.1. The summed E-state index contributed by atoms with van der Waals surface area (Å²) in [7, 11) is -3.96. The lowest BCUT2D eigenvalue weighted by Gasteiger charge is -2.15. The molecule has 34 heavy (non-hydrogen) atoms. The molecule has 0 aliphatic rings. The number of nitrogens with zero attached hydrogens (tertiary/aromatic N) is 1. The Morgan fingerprint density at radius 1 is 0.912 bits per heavy atom. The van der Waals surface area contributed by atoms with Crippen LogP contribution in [0.4, 0.5) is 5.69 Å². The van der Waals surface area contributed by atoms with Crippen LogP contribution in [0.15, 0.2) is 77.7 Å². The maximum atomic E-state index is 13.4. The second-order valence-electron chi connectivity index (χ2n) is 7.62. The van der Waals surface area contributed by atoms with Crippen LogP contribution in [0.25, 0.3) is 22.2 Å². The van der Waals surface area contributed by atoms with Gasteiger partial charge in [-0.2, -0.15) is 0 Å². The van der Waals surface area contributed by atoms with Crippen molar-refractivity contribution in [3.63, 3.8) is 0 Å². The first kappa shape index (κ1) is 23.4. The number of anilines is 1. The van der Waals surface area contributed by atoms with E-state index in [-0.39, 0.29) is 10.8 Å². The van der Waals surface area contributed by atoms with Gasteiger partial charge in [0.25, 0.3) is 15.9 Å². The van der Waals surface area contributed by atoms with E-state index in [4.69, 9.17) is 16.6 Å². The van der Waals surface area contributed by atoms with Gasteiger partial charge in [0.1, 0.15) is 0 Å². The summed E-state index contributed by atoms with van der Waals surface area (Å²) in [5.41, 5.74) is 3.72. The molecular formula is C25H20ClN3O4S. The number of pyridine rings is 1. The third-order valence-electron chi connectivity index (χ3n) is 5.18. The maximum Gasteiger partial charge on any atom is 0.264 e. The number of aromatic nitrogens is 1. The number of nitrogens with one attached hydrogen (secondary N) is 2. The zero-order valence-electron chi connectivity index (χ0n) is 18.3. The van der Waals surface area contributed by atoms with Gasteiger partial charge >= 0.3 is 0 Å². The van der Waals surface area contributed by atoms with E-state index in [0.717, 1.165) is 12.5 Å². The Kier molecular flexibility index (Phi) is 6.37. The summed E-state index contributed by atoms with van der Waals surface area (Å²) in [6.07, 6.45) is 0. The fraction of sp³-hybridized carbons (Fsp3) is 0.0800. The second kappa shape index (κ2) is 9.24. The monoisotopic (exact) mass is 493 g/mol. The van der Waals surface area contributed by atoms with E-state index >= 15 is 0 Å². The van der Waals surface area contributed by atoms with Crippen LogP contribution in [0.1, 0.15) is 22.8 Å². The molecule has 0 spiro atoms. The number of sulfonamides is 1. The van der Waals surface area contributed by atoms with Crippen LogP contribution in [-0.4, -0.2) is 25.2 Å². The Hall–Kier alpha value is -3.75. The van der Waals surface area contributed by atoms with E-state index in [1.54, 1.807) is 12.1 Å². The standard InChI is InChI=1S/C25H20ClN3O4S/c1-15-23(25(31)27-19-11-13-20(14-12-19)34(32,33)29-16(2)30)21-5-3-4-6-22(21)28-24(15)17-7-9-18(26)10-8-17/h3-14H,1-2H3,(H,27,31)(H,29,30). The minimum Gasteiger partial charge on any atom is -0.322 e. The largest absolute Gasteiger partial charge is 0.322 e. The van der Waals surface area contributed by atoms with Crippen LogP contribution in [0, 0.1) is 6.92 Å². The van der Waals surface area contributed by atoms with Crippen LogP contribution >= 0.6 is 11.6 Å². The number of fused-ring (bicyclic) bond motifs is 1. The minimum atomic E-state index is -3.96. The summed E-state index contributed by atoms with van der Waals surface area (Å²) in [6.45, 7) is 2.95. The zero-order valence-corrected chi connectivity index (χ0v) is 19.9. The second-order valence-corrected chi connectivity index (χ2v) is 9.74. The molecule has 1 aromatic heterocycles. The molecule has 0 unspecified atom stereocenters. The third kappa shape index (κ3) is 4.78. The smallest absolute Gasteiger partial charge is 0.264 e. The molecule has 0 aliphatic carbocycles. The first-order chi connectivity index (χ1) is 16.2. The number of benzene rings is 3. The van der Waals surface area contributed by atoms with Gasteiger partial charge in [0.15, 0.2) is 0 Å². The summed E-state index contributed by atoms with van der Waals surface area (Å²) < 4.78 is 26.2. The summed E-state index contributed by atoms with van der Waals surface area (Å²) in [5, 5.41) is 4.12. The number of hydrogen-bond acceptors (Lipinski definition) is 5. The average Bonchev–Trinajstić information content (AvgIpc) is 2.79. The van der Waals surface area contributed by atoms with Crippen molar-refractivity contribution < 1.29 is 18.0 Å². The van der Waals surface area contributed by atoms with E-state index in [2.05, 4.69) is 5.32 Å². The molecule has 0 aliphatic heterocycles. The molecule has 2 N–H and O–H groups in total. The maximum absolute atomic E-state index is 13.4. The van der Waals surface area contributed by atoms with E-state index < -0.39 is 15.9 Å². The normalized spacial score (nSPS) is 11.3. The summed E-state index contributed by atoms with van der Waals surface area (Å²) in [6, 6.07) is 20.2. The van der Waals surface area contributed by atoms with Crippen molar-refractivity contribution in [2.24, 2.45) is 0 Å². The molecule has 172 valence electrons. The average molecular weight is 494 g/mol. The highest BCUT2D eigenvalue weighted by Gasteiger charge is 2.20. The van der Waals surface area contributed by atoms with Crippen LogP contribution < -0.4 is 10.0 Å².